The molecule has 0 aliphatic carbocycles. The lowest BCUT2D eigenvalue weighted by molar-refractivity contribution is 0.826. The first kappa shape index (κ1) is 9.47. The molecule has 1 heterocycles. The highest BCUT2D eigenvalue weighted by Gasteiger charge is 2.32. The molecule has 1 fully saturated rings. The van der Waals surface area contributed by atoms with Crippen LogP contribution in [0.25, 0.3) is 0 Å². The third-order valence-corrected chi connectivity index (χ3v) is 5.69. The number of hydrogen-bond acceptors (Lipinski definition) is 2. The molecular formula is C11H14S2. The average molecular weight is 210 g/mol. The second-order valence-corrected chi connectivity index (χ2v) is 7.14. The van der Waals surface area contributed by atoms with E-state index in [9.17, 15) is 0 Å². The van der Waals surface area contributed by atoms with Gasteiger partial charge in [-0.2, -0.15) is 0 Å². The Bertz CT molecular complexity index is 279. The third-order valence-electron chi connectivity index (χ3n) is 2.08. The van der Waals surface area contributed by atoms with Crippen molar-refractivity contribution in [3.8, 4) is 0 Å². The summed E-state index contributed by atoms with van der Waals surface area (Å²) < 4.78 is 1.10. The molecule has 70 valence electrons. The Labute approximate surface area is 88.5 Å². The monoisotopic (exact) mass is 210 g/mol. The zero-order valence-corrected chi connectivity index (χ0v) is 9.62. The first-order chi connectivity index (χ1) is 6.17. The Morgan fingerprint density at radius 2 is 1.92 bits per heavy atom. The van der Waals surface area contributed by atoms with E-state index in [1.54, 1.807) is 0 Å². The van der Waals surface area contributed by atoms with E-state index < -0.39 is 0 Å². The molecule has 13 heavy (non-hydrogen) atoms. The van der Waals surface area contributed by atoms with Crippen LogP contribution < -0.4 is 0 Å². The van der Waals surface area contributed by atoms with Gasteiger partial charge in [-0.15, -0.1) is 23.5 Å². The molecule has 0 unspecified atom stereocenters. The predicted molar refractivity (Wildman–Crippen MR) is 63.3 cm³/mol. The van der Waals surface area contributed by atoms with Gasteiger partial charge in [0.05, 0.1) is 4.58 Å². The van der Waals surface area contributed by atoms with E-state index in [0.717, 1.165) is 0 Å². The molecule has 0 aromatic heterocycles. The zero-order chi connectivity index (χ0) is 9.31. The van der Waals surface area contributed by atoms with Gasteiger partial charge in [0.1, 0.15) is 0 Å². The summed E-state index contributed by atoms with van der Waals surface area (Å²) in [5.41, 5.74) is 1.46. The summed E-state index contributed by atoms with van der Waals surface area (Å²) >= 11 is 4.15. The standard InChI is InChI=1S/C11H14S2/c1-11(2)8-12-10(13-11)9-6-4-3-5-7-9/h3-7,10H,8H2,1-2H3/t10-/m0/s1. The minimum atomic E-state index is 0.450. The Kier molecular flexibility index (Phi) is 2.61. The van der Waals surface area contributed by atoms with Gasteiger partial charge in [-0.05, 0) is 19.4 Å². The van der Waals surface area contributed by atoms with Crippen molar-refractivity contribution in [1.82, 2.24) is 0 Å². The third kappa shape index (κ3) is 2.23. The van der Waals surface area contributed by atoms with E-state index in [4.69, 9.17) is 0 Å². The fourth-order valence-corrected chi connectivity index (χ4v) is 4.92. The molecule has 0 spiro atoms. The van der Waals surface area contributed by atoms with Crippen molar-refractivity contribution < 1.29 is 0 Å². The van der Waals surface area contributed by atoms with E-state index in [-0.39, 0.29) is 0 Å². The summed E-state index contributed by atoms with van der Waals surface area (Å²) in [6.07, 6.45) is 0. The number of hydrogen-bond donors (Lipinski definition) is 0. The van der Waals surface area contributed by atoms with Crippen LogP contribution in [0.4, 0.5) is 0 Å². The molecule has 0 amide bonds. The SMILES string of the molecule is CC1(C)CS[C@H](c2ccccc2)S1. The van der Waals surface area contributed by atoms with Crippen molar-refractivity contribution in [2.45, 2.75) is 23.2 Å². The second-order valence-electron chi connectivity index (χ2n) is 3.93. The smallest absolute Gasteiger partial charge is 0.0757 e. The van der Waals surface area contributed by atoms with Crippen LogP contribution in [0.1, 0.15) is 24.0 Å². The fourth-order valence-electron chi connectivity index (χ4n) is 1.41. The molecule has 0 nitrogen and oxygen atoms in total. The highest BCUT2D eigenvalue weighted by Crippen LogP contribution is 2.54. The van der Waals surface area contributed by atoms with Crippen LogP contribution in [-0.2, 0) is 0 Å². The molecule has 0 bridgehead atoms. The molecule has 1 saturated heterocycles. The van der Waals surface area contributed by atoms with Crippen molar-refractivity contribution in [3.05, 3.63) is 35.9 Å². The van der Waals surface area contributed by atoms with Crippen LogP contribution in [-0.4, -0.2) is 10.5 Å². The number of rotatable bonds is 1. The Hall–Kier alpha value is -0.0800. The van der Waals surface area contributed by atoms with Crippen LogP contribution in [0.3, 0.4) is 0 Å². The molecule has 1 aliphatic heterocycles. The van der Waals surface area contributed by atoms with E-state index in [0.29, 0.717) is 9.33 Å². The van der Waals surface area contributed by atoms with E-state index in [1.807, 2.05) is 0 Å². The van der Waals surface area contributed by atoms with Gasteiger partial charge in [0, 0.05) is 10.5 Å². The van der Waals surface area contributed by atoms with Gasteiger partial charge >= 0.3 is 0 Å². The normalized spacial score (nSPS) is 26.2. The number of benzene rings is 1. The maximum Gasteiger partial charge on any atom is 0.0757 e. The quantitative estimate of drug-likeness (QED) is 0.688. The van der Waals surface area contributed by atoms with Gasteiger partial charge in [-0.25, -0.2) is 0 Å². The van der Waals surface area contributed by atoms with Crippen molar-refractivity contribution in [2.75, 3.05) is 5.75 Å². The molecule has 1 atom stereocenters. The largest absolute Gasteiger partial charge is 0.141 e. The van der Waals surface area contributed by atoms with Gasteiger partial charge in [-0.3, -0.25) is 0 Å². The van der Waals surface area contributed by atoms with Gasteiger partial charge in [0.25, 0.3) is 0 Å². The molecule has 0 radical (unpaired) electrons. The molecule has 0 N–H and O–H groups in total. The summed E-state index contributed by atoms with van der Waals surface area (Å²) in [6.45, 7) is 4.65. The molecule has 0 saturated carbocycles. The Morgan fingerprint density at radius 1 is 1.23 bits per heavy atom. The topological polar surface area (TPSA) is 0 Å². The van der Waals surface area contributed by atoms with Crippen LogP contribution in [0.5, 0.6) is 0 Å². The van der Waals surface area contributed by atoms with Crippen LogP contribution in [0.2, 0.25) is 0 Å². The predicted octanol–water partition coefficient (Wildman–Crippen LogP) is 3.94. The summed E-state index contributed by atoms with van der Waals surface area (Å²) in [4.78, 5) is 0. The summed E-state index contributed by atoms with van der Waals surface area (Å²) in [7, 11) is 0. The lowest BCUT2D eigenvalue weighted by Gasteiger charge is -2.15. The van der Waals surface area contributed by atoms with Crippen molar-refractivity contribution >= 4 is 23.5 Å². The van der Waals surface area contributed by atoms with Gasteiger partial charge in [0.15, 0.2) is 0 Å². The van der Waals surface area contributed by atoms with Crippen LogP contribution in [0, 0.1) is 0 Å². The maximum absolute atomic E-state index is 2.33. The maximum atomic E-state index is 2.33. The molecular weight excluding hydrogens is 196 g/mol. The summed E-state index contributed by atoms with van der Waals surface area (Å²) in [6, 6.07) is 10.8. The lowest BCUT2D eigenvalue weighted by Crippen LogP contribution is -2.12. The highest BCUT2D eigenvalue weighted by molar-refractivity contribution is 8.20. The molecule has 2 rings (SSSR count). The molecule has 2 heteroatoms. The summed E-state index contributed by atoms with van der Waals surface area (Å²) in [5.74, 6) is 1.26. The molecule has 1 aromatic carbocycles. The van der Waals surface area contributed by atoms with Gasteiger partial charge < -0.3 is 0 Å². The second kappa shape index (κ2) is 3.58. The first-order valence-corrected chi connectivity index (χ1v) is 6.45. The van der Waals surface area contributed by atoms with E-state index in [1.165, 1.54) is 11.3 Å². The van der Waals surface area contributed by atoms with E-state index in [2.05, 4.69) is 67.7 Å². The van der Waals surface area contributed by atoms with Crippen molar-refractivity contribution in [2.24, 2.45) is 0 Å². The van der Waals surface area contributed by atoms with E-state index >= 15 is 0 Å². The molecule has 1 aromatic rings. The van der Waals surface area contributed by atoms with Gasteiger partial charge in [0.2, 0.25) is 0 Å². The molecule has 1 aliphatic rings. The van der Waals surface area contributed by atoms with Gasteiger partial charge in [-0.1, -0.05) is 30.3 Å². The average Bonchev–Trinajstić information content (AvgIpc) is 2.48. The first-order valence-electron chi connectivity index (χ1n) is 4.52. The minimum absolute atomic E-state index is 0.450. The fraction of sp³-hybridized carbons (Fsp3) is 0.455. The van der Waals surface area contributed by atoms with Crippen molar-refractivity contribution in [3.63, 3.8) is 0 Å². The van der Waals surface area contributed by atoms with Crippen LogP contribution in [0.15, 0.2) is 30.3 Å². The summed E-state index contributed by atoms with van der Waals surface area (Å²) in [5, 5.41) is 0. The lowest BCUT2D eigenvalue weighted by atomic mass is 10.2. The minimum Gasteiger partial charge on any atom is -0.141 e. The number of thioether (sulfide) groups is 2. The Balaban J connectivity index is 2.13. The Morgan fingerprint density at radius 3 is 2.46 bits per heavy atom. The zero-order valence-electron chi connectivity index (χ0n) is 7.99. The van der Waals surface area contributed by atoms with Crippen LogP contribution >= 0.6 is 23.5 Å². The van der Waals surface area contributed by atoms with Crippen molar-refractivity contribution in [1.29, 1.82) is 0 Å². The highest BCUT2D eigenvalue weighted by atomic mass is 32.2.